The Labute approximate surface area is 81.5 Å². The molecule has 0 aromatic heterocycles. The first-order valence-electron chi connectivity index (χ1n) is 3.55. The van der Waals surface area contributed by atoms with Gasteiger partial charge >= 0.3 is 0 Å². The van der Waals surface area contributed by atoms with Crippen LogP contribution in [0.2, 0.25) is 0 Å². The van der Waals surface area contributed by atoms with Crippen LogP contribution in [0.25, 0.3) is 0 Å². The molecule has 0 unspecified atom stereocenters. The van der Waals surface area contributed by atoms with E-state index in [2.05, 4.69) is 0 Å². The fourth-order valence-electron chi connectivity index (χ4n) is 0.942. The van der Waals surface area contributed by atoms with E-state index in [1.165, 1.54) is 16.7 Å². The molecule has 0 aliphatic rings. The summed E-state index contributed by atoms with van der Waals surface area (Å²) in [6.45, 7) is 0. The van der Waals surface area contributed by atoms with Gasteiger partial charge in [-0.1, -0.05) is 18.2 Å². The third kappa shape index (κ3) is 2.05. The van der Waals surface area contributed by atoms with Crippen molar-refractivity contribution >= 4 is 28.6 Å². The SMILES string of the molecule is CSC(=N)c1ccccc1SC. The van der Waals surface area contributed by atoms with Gasteiger partial charge in [0.25, 0.3) is 0 Å². The molecule has 64 valence electrons. The van der Waals surface area contributed by atoms with Gasteiger partial charge in [-0.3, -0.25) is 5.41 Å². The monoisotopic (exact) mass is 197 g/mol. The van der Waals surface area contributed by atoms with E-state index in [0.29, 0.717) is 5.04 Å². The van der Waals surface area contributed by atoms with E-state index in [0.717, 1.165) is 5.56 Å². The lowest BCUT2D eigenvalue weighted by molar-refractivity contribution is 1.40. The van der Waals surface area contributed by atoms with Crippen LogP contribution in [0.5, 0.6) is 0 Å². The first kappa shape index (κ1) is 9.68. The zero-order chi connectivity index (χ0) is 8.97. The highest BCUT2D eigenvalue weighted by molar-refractivity contribution is 8.13. The molecule has 0 aliphatic carbocycles. The number of benzene rings is 1. The van der Waals surface area contributed by atoms with Crippen molar-refractivity contribution < 1.29 is 0 Å². The third-order valence-corrected chi connectivity index (χ3v) is 2.98. The summed E-state index contributed by atoms with van der Waals surface area (Å²) >= 11 is 3.16. The fourth-order valence-corrected chi connectivity index (χ4v) is 2.01. The molecule has 0 saturated carbocycles. The first-order chi connectivity index (χ1) is 5.79. The van der Waals surface area contributed by atoms with Crippen molar-refractivity contribution in [3.8, 4) is 0 Å². The van der Waals surface area contributed by atoms with Crippen LogP contribution < -0.4 is 0 Å². The number of nitrogens with one attached hydrogen (secondary N) is 1. The van der Waals surface area contributed by atoms with Crippen LogP contribution in [-0.2, 0) is 0 Å². The molecule has 0 aliphatic heterocycles. The maximum absolute atomic E-state index is 7.67. The van der Waals surface area contributed by atoms with E-state index in [-0.39, 0.29) is 0 Å². The molecule has 0 saturated heterocycles. The van der Waals surface area contributed by atoms with Crippen molar-refractivity contribution in [2.45, 2.75) is 4.90 Å². The number of thioether (sulfide) groups is 2. The lowest BCUT2D eigenvalue weighted by atomic mass is 10.2. The first-order valence-corrected chi connectivity index (χ1v) is 6.00. The smallest absolute Gasteiger partial charge is 0.0951 e. The molecule has 0 radical (unpaired) electrons. The van der Waals surface area contributed by atoms with Gasteiger partial charge in [-0.15, -0.1) is 23.5 Å². The van der Waals surface area contributed by atoms with Crippen molar-refractivity contribution in [3.63, 3.8) is 0 Å². The topological polar surface area (TPSA) is 23.9 Å². The molecule has 0 amide bonds. The van der Waals surface area contributed by atoms with Crippen molar-refractivity contribution in [2.75, 3.05) is 12.5 Å². The van der Waals surface area contributed by atoms with Gasteiger partial charge in [0.2, 0.25) is 0 Å². The second kappa shape index (κ2) is 4.58. The molecule has 1 aromatic carbocycles. The van der Waals surface area contributed by atoms with E-state index < -0.39 is 0 Å². The third-order valence-electron chi connectivity index (χ3n) is 1.56. The van der Waals surface area contributed by atoms with Crippen molar-refractivity contribution in [2.24, 2.45) is 0 Å². The predicted molar refractivity (Wildman–Crippen MR) is 58.6 cm³/mol. The lowest BCUT2D eigenvalue weighted by Crippen LogP contribution is -1.93. The number of hydrogen-bond acceptors (Lipinski definition) is 3. The number of hydrogen-bond donors (Lipinski definition) is 1. The highest BCUT2D eigenvalue weighted by Crippen LogP contribution is 2.22. The Morgan fingerprint density at radius 2 is 1.92 bits per heavy atom. The normalized spacial score (nSPS) is 9.83. The minimum Gasteiger partial charge on any atom is -0.293 e. The highest BCUT2D eigenvalue weighted by Gasteiger charge is 2.03. The van der Waals surface area contributed by atoms with Gasteiger partial charge in [-0.05, 0) is 18.6 Å². The predicted octanol–water partition coefficient (Wildman–Crippen LogP) is 3.10. The van der Waals surface area contributed by atoms with Gasteiger partial charge in [0, 0.05) is 10.5 Å². The van der Waals surface area contributed by atoms with Crippen molar-refractivity contribution in [3.05, 3.63) is 29.8 Å². The summed E-state index contributed by atoms with van der Waals surface area (Å²) < 4.78 is 0. The van der Waals surface area contributed by atoms with E-state index in [1.807, 2.05) is 36.8 Å². The second-order valence-corrected chi connectivity index (χ2v) is 3.90. The summed E-state index contributed by atoms with van der Waals surface area (Å²) in [7, 11) is 0. The minimum absolute atomic E-state index is 0.639. The van der Waals surface area contributed by atoms with E-state index >= 15 is 0 Å². The van der Waals surface area contributed by atoms with E-state index in [4.69, 9.17) is 5.41 Å². The van der Waals surface area contributed by atoms with Crippen LogP contribution in [-0.4, -0.2) is 17.6 Å². The van der Waals surface area contributed by atoms with Crippen LogP contribution in [0.15, 0.2) is 29.2 Å². The van der Waals surface area contributed by atoms with Crippen molar-refractivity contribution in [1.29, 1.82) is 5.41 Å². The fraction of sp³-hybridized carbons (Fsp3) is 0.222. The molecule has 1 aromatic rings. The van der Waals surface area contributed by atoms with Crippen LogP contribution >= 0.6 is 23.5 Å². The second-order valence-electron chi connectivity index (χ2n) is 2.23. The lowest BCUT2D eigenvalue weighted by Gasteiger charge is -2.05. The maximum atomic E-state index is 7.67. The Bertz CT molecular complexity index is 284. The molecular formula is C9H11NS2. The summed E-state index contributed by atoms with van der Waals surface area (Å²) in [6.07, 6.45) is 3.96. The maximum Gasteiger partial charge on any atom is 0.0951 e. The quantitative estimate of drug-likeness (QED) is 0.447. The van der Waals surface area contributed by atoms with Crippen LogP contribution in [0.3, 0.4) is 0 Å². The summed E-state index contributed by atoms with van der Waals surface area (Å²) in [6, 6.07) is 8.01. The van der Waals surface area contributed by atoms with E-state index in [1.54, 1.807) is 11.8 Å². The summed E-state index contributed by atoms with van der Waals surface area (Å²) in [5, 5.41) is 8.31. The molecule has 0 bridgehead atoms. The van der Waals surface area contributed by atoms with E-state index in [9.17, 15) is 0 Å². The Morgan fingerprint density at radius 3 is 2.50 bits per heavy atom. The van der Waals surface area contributed by atoms with Crippen LogP contribution in [0.4, 0.5) is 0 Å². The largest absolute Gasteiger partial charge is 0.293 e. The van der Waals surface area contributed by atoms with Gasteiger partial charge in [0.1, 0.15) is 0 Å². The Hall–Kier alpha value is -0.410. The molecule has 1 nitrogen and oxygen atoms in total. The standard InChI is InChI=1S/C9H11NS2/c1-11-8-6-4-3-5-7(8)9(10)12-2/h3-6,10H,1-2H3. The molecule has 0 spiro atoms. The van der Waals surface area contributed by atoms with Gasteiger partial charge in [-0.2, -0.15) is 0 Å². The van der Waals surface area contributed by atoms with Crippen LogP contribution in [0.1, 0.15) is 5.56 Å². The summed E-state index contributed by atoms with van der Waals surface area (Å²) in [5.41, 5.74) is 1.04. The average molecular weight is 197 g/mol. The molecule has 3 heteroatoms. The molecule has 0 fully saturated rings. The molecule has 12 heavy (non-hydrogen) atoms. The average Bonchev–Trinajstić information content (AvgIpc) is 2.16. The molecular weight excluding hydrogens is 186 g/mol. The summed E-state index contributed by atoms with van der Waals surface area (Å²) in [5.74, 6) is 0. The minimum atomic E-state index is 0.639. The van der Waals surface area contributed by atoms with Crippen molar-refractivity contribution in [1.82, 2.24) is 0 Å². The Morgan fingerprint density at radius 1 is 1.25 bits per heavy atom. The van der Waals surface area contributed by atoms with Gasteiger partial charge < -0.3 is 0 Å². The van der Waals surface area contributed by atoms with Gasteiger partial charge in [0.15, 0.2) is 0 Å². The zero-order valence-electron chi connectivity index (χ0n) is 7.13. The zero-order valence-corrected chi connectivity index (χ0v) is 8.76. The highest BCUT2D eigenvalue weighted by atomic mass is 32.2. The molecule has 1 N–H and O–H groups in total. The molecule has 0 heterocycles. The van der Waals surface area contributed by atoms with Gasteiger partial charge in [-0.25, -0.2) is 0 Å². The van der Waals surface area contributed by atoms with Gasteiger partial charge in [0.05, 0.1) is 5.04 Å². The molecule has 1 rings (SSSR count). The van der Waals surface area contributed by atoms with Crippen LogP contribution in [0, 0.1) is 5.41 Å². The summed E-state index contributed by atoms with van der Waals surface area (Å²) in [4.78, 5) is 1.18. The Kier molecular flexibility index (Phi) is 3.69. The number of rotatable bonds is 2. The Balaban J connectivity index is 3.04. The molecule has 0 atom stereocenters.